The Labute approximate surface area is 61.5 Å². The summed E-state index contributed by atoms with van der Waals surface area (Å²) in [6.07, 6.45) is 3.54. The number of allylic oxidation sites excluding steroid dienone is 1. The number of ether oxygens (including phenoxy) is 1. The molecular weight excluding hydrogens is 128 g/mol. The molecule has 10 heavy (non-hydrogen) atoms. The second-order valence-corrected chi connectivity index (χ2v) is 2.74. The van der Waals surface area contributed by atoms with E-state index in [4.69, 9.17) is 4.74 Å². The minimum absolute atomic E-state index is 0.0972. The van der Waals surface area contributed by atoms with Crippen molar-refractivity contribution in [2.24, 2.45) is 0 Å². The molecule has 0 spiro atoms. The normalized spacial score (nSPS) is 33.4. The van der Waals surface area contributed by atoms with Gasteiger partial charge in [0.25, 0.3) is 0 Å². The third-order valence-electron chi connectivity index (χ3n) is 1.80. The first kappa shape index (κ1) is 7.76. The largest absolute Gasteiger partial charge is 0.390 e. The summed E-state index contributed by atoms with van der Waals surface area (Å²) in [4.78, 5) is 0. The van der Waals surface area contributed by atoms with Gasteiger partial charge in [-0.2, -0.15) is 0 Å². The van der Waals surface area contributed by atoms with Crippen LogP contribution in [0.25, 0.3) is 0 Å². The molecule has 1 rings (SSSR count). The molecule has 2 heteroatoms. The first-order valence-electron chi connectivity index (χ1n) is 3.70. The Morgan fingerprint density at radius 3 is 2.80 bits per heavy atom. The molecule has 1 aliphatic rings. The second kappa shape index (κ2) is 3.17. The number of hydrogen-bond donors (Lipinski definition) is 1. The lowest BCUT2D eigenvalue weighted by molar-refractivity contribution is 0.127. The lowest BCUT2D eigenvalue weighted by Crippen LogP contribution is -2.15. The van der Waals surface area contributed by atoms with E-state index in [1.54, 1.807) is 0 Å². The van der Waals surface area contributed by atoms with E-state index in [-0.39, 0.29) is 18.3 Å². The molecule has 0 saturated carbocycles. The van der Waals surface area contributed by atoms with Crippen LogP contribution in [0.3, 0.4) is 0 Å². The fraction of sp³-hybridized carbons (Fsp3) is 0.750. The number of hydrogen-bond acceptors (Lipinski definition) is 2. The molecule has 1 heterocycles. The third-order valence-corrected chi connectivity index (χ3v) is 1.80. The van der Waals surface area contributed by atoms with E-state index >= 15 is 0 Å². The van der Waals surface area contributed by atoms with Crippen LogP contribution in [-0.4, -0.2) is 23.4 Å². The van der Waals surface area contributed by atoms with Gasteiger partial charge in [-0.3, -0.25) is 0 Å². The summed E-state index contributed by atoms with van der Waals surface area (Å²) in [5.74, 6) is 0. The van der Waals surface area contributed by atoms with E-state index in [1.807, 2.05) is 13.0 Å². The maximum atomic E-state index is 9.32. The average Bonchev–Trinajstić information content (AvgIpc) is 2.62. The summed E-state index contributed by atoms with van der Waals surface area (Å²) in [5, 5.41) is 9.32. The maximum absolute atomic E-state index is 9.32. The standard InChI is InChI=1S/C8H14O2/c1-3-4-5-7(9)8-6(2)10-8/h3,6-9H,1,4-5H2,2H3/t6-,7-,8+/m0/s1. The Morgan fingerprint density at radius 1 is 1.80 bits per heavy atom. The molecule has 0 aromatic rings. The number of rotatable bonds is 4. The molecule has 0 aromatic carbocycles. The van der Waals surface area contributed by atoms with E-state index in [9.17, 15) is 5.11 Å². The van der Waals surface area contributed by atoms with Gasteiger partial charge in [0.2, 0.25) is 0 Å². The lowest BCUT2D eigenvalue weighted by Gasteiger charge is -2.03. The molecule has 1 saturated heterocycles. The molecule has 0 unspecified atom stereocenters. The summed E-state index contributed by atoms with van der Waals surface area (Å²) >= 11 is 0. The highest BCUT2D eigenvalue weighted by Crippen LogP contribution is 2.26. The molecule has 0 amide bonds. The molecule has 1 N–H and O–H groups in total. The number of aliphatic hydroxyl groups excluding tert-OH is 1. The van der Waals surface area contributed by atoms with Crippen LogP contribution >= 0.6 is 0 Å². The minimum atomic E-state index is -0.284. The molecule has 3 atom stereocenters. The van der Waals surface area contributed by atoms with E-state index in [1.165, 1.54) is 0 Å². The molecule has 1 fully saturated rings. The van der Waals surface area contributed by atoms with Crippen LogP contribution in [-0.2, 0) is 4.74 Å². The van der Waals surface area contributed by atoms with Crippen molar-refractivity contribution in [3.63, 3.8) is 0 Å². The predicted molar refractivity (Wildman–Crippen MR) is 39.8 cm³/mol. The highest BCUT2D eigenvalue weighted by atomic mass is 16.6. The summed E-state index contributed by atoms with van der Waals surface area (Å²) in [6, 6.07) is 0. The lowest BCUT2D eigenvalue weighted by atomic mass is 10.1. The van der Waals surface area contributed by atoms with Crippen LogP contribution in [0.2, 0.25) is 0 Å². The maximum Gasteiger partial charge on any atom is 0.110 e. The minimum Gasteiger partial charge on any atom is -0.390 e. The zero-order chi connectivity index (χ0) is 7.56. The van der Waals surface area contributed by atoms with Gasteiger partial charge in [0, 0.05) is 0 Å². The van der Waals surface area contributed by atoms with Gasteiger partial charge in [-0.15, -0.1) is 6.58 Å². The van der Waals surface area contributed by atoms with Crippen LogP contribution in [0, 0.1) is 0 Å². The van der Waals surface area contributed by atoms with Crippen LogP contribution in [0.5, 0.6) is 0 Å². The van der Waals surface area contributed by atoms with Crippen LogP contribution < -0.4 is 0 Å². The van der Waals surface area contributed by atoms with E-state index in [0.717, 1.165) is 12.8 Å². The SMILES string of the molecule is C=CCC[C@H](O)[C@@H]1O[C@H]1C. The topological polar surface area (TPSA) is 32.8 Å². The highest BCUT2D eigenvalue weighted by molar-refractivity contribution is 4.88. The van der Waals surface area contributed by atoms with E-state index in [0.29, 0.717) is 0 Å². The Hall–Kier alpha value is -0.340. The Bertz CT molecular complexity index is 122. The fourth-order valence-electron chi connectivity index (χ4n) is 1.06. The summed E-state index contributed by atoms with van der Waals surface area (Å²) < 4.78 is 5.09. The molecule has 58 valence electrons. The molecule has 1 aliphatic heterocycles. The van der Waals surface area contributed by atoms with Crippen molar-refractivity contribution >= 4 is 0 Å². The van der Waals surface area contributed by atoms with Crippen molar-refractivity contribution in [1.29, 1.82) is 0 Å². The van der Waals surface area contributed by atoms with Gasteiger partial charge >= 0.3 is 0 Å². The van der Waals surface area contributed by atoms with Gasteiger partial charge in [0.05, 0.1) is 12.2 Å². The van der Waals surface area contributed by atoms with Crippen molar-refractivity contribution in [1.82, 2.24) is 0 Å². The van der Waals surface area contributed by atoms with Crippen molar-refractivity contribution in [2.75, 3.05) is 0 Å². The fourth-order valence-corrected chi connectivity index (χ4v) is 1.06. The van der Waals surface area contributed by atoms with Crippen LogP contribution in [0.1, 0.15) is 19.8 Å². The second-order valence-electron chi connectivity index (χ2n) is 2.74. The highest BCUT2D eigenvalue weighted by Gasteiger charge is 2.39. The number of epoxide rings is 1. The third kappa shape index (κ3) is 1.82. The molecule has 0 aliphatic carbocycles. The predicted octanol–water partition coefficient (Wildman–Crippen LogP) is 1.10. The molecule has 2 nitrogen and oxygen atoms in total. The van der Waals surface area contributed by atoms with Crippen LogP contribution in [0.15, 0.2) is 12.7 Å². The monoisotopic (exact) mass is 142 g/mol. The van der Waals surface area contributed by atoms with E-state index < -0.39 is 0 Å². The van der Waals surface area contributed by atoms with Crippen LogP contribution in [0.4, 0.5) is 0 Å². The Morgan fingerprint density at radius 2 is 2.40 bits per heavy atom. The van der Waals surface area contributed by atoms with Crippen molar-refractivity contribution in [3.8, 4) is 0 Å². The molecule has 0 aromatic heterocycles. The first-order chi connectivity index (χ1) is 4.75. The van der Waals surface area contributed by atoms with Crippen molar-refractivity contribution in [3.05, 3.63) is 12.7 Å². The summed E-state index contributed by atoms with van der Waals surface area (Å²) in [6.45, 7) is 5.55. The Kier molecular flexibility index (Phi) is 2.46. The molecule has 0 bridgehead atoms. The first-order valence-corrected chi connectivity index (χ1v) is 3.70. The number of aliphatic hydroxyl groups is 1. The van der Waals surface area contributed by atoms with Gasteiger partial charge in [0.1, 0.15) is 6.10 Å². The van der Waals surface area contributed by atoms with Gasteiger partial charge in [-0.05, 0) is 19.8 Å². The van der Waals surface area contributed by atoms with E-state index in [2.05, 4.69) is 6.58 Å². The van der Waals surface area contributed by atoms with Crippen molar-refractivity contribution in [2.45, 2.75) is 38.1 Å². The molecule has 0 radical (unpaired) electrons. The van der Waals surface area contributed by atoms with Gasteiger partial charge in [-0.25, -0.2) is 0 Å². The summed E-state index contributed by atoms with van der Waals surface area (Å²) in [5.41, 5.74) is 0. The smallest absolute Gasteiger partial charge is 0.110 e. The van der Waals surface area contributed by atoms with Gasteiger partial charge in [0.15, 0.2) is 0 Å². The van der Waals surface area contributed by atoms with Gasteiger partial charge in [-0.1, -0.05) is 6.08 Å². The van der Waals surface area contributed by atoms with Crippen molar-refractivity contribution < 1.29 is 9.84 Å². The Balaban J connectivity index is 2.10. The average molecular weight is 142 g/mol. The zero-order valence-electron chi connectivity index (χ0n) is 6.29. The van der Waals surface area contributed by atoms with Gasteiger partial charge < -0.3 is 9.84 Å². The summed E-state index contributed by atoms with van der Waals surface area (Å²) in [7, 11) is 0. The quantitative estimate of drug-likeness (QED) is 0.471. The zero-order valence-corrected chi connectivity index (χ0v) is 6.29. The molecular formula is C8H14O2.